The Morgan fingerprint density at radius 2 is 1.33 bits per heavy atom. The first-order valence-electron chi connectivity index (χ1n) is 20.1. The summed E-state index contributed by atoms with van der Waals surface area (Å²) < 4.78 is 22.1. The van der Waals surface area contributed by atoms with E-state index >= 15 is 0 Å². The number of likely N-dealkylation sites (tertiary alicyclic amines) is 1. The van der Waals surface area contributed by atoms with Crippen LogP contribution in [0.15, 0.2) is 0 Å². The Hall–Kier alpha value is -1.83. The molecule has 0 spiro atoms. The van der Waals surface area contributed by atoms with Crippen molar-refractivity contribution in [2.75, 3.05) is 46.1 Å². The Morgan fingerprint density at radius 1 is 0.708 bits per heavy atom. The Morgan fingerprint density at radius 3 is 2.00 bits per heavy atom. The number of carbonyl (C=O) groups excluding carboxylic acids is 3. The summed E-state index contributed by atoms with van der Waals surface area (Å²) in [7, 11) is 0. The molecule has 0 aromatic rings. The lowest BCUT2D eigenvalue weighted by atomic mass is 9.55. The molecule has 0 aromatic carbocycles. The van der Waals surface area contributed by atoms with Gasteiger partial charge in [0, 0.05) is 13.0 Å². The van der Waals surface area contributed by atoms with Gasteiger partial charge in [0.15, 0.2) is 0 Å². The minimum Gasteiger partial charge on any atom is -0.465 e. The number of hydrogen-bond donors (Lipinski definition) is 0. The van der Waals surface area contributed by atoms with Crippen molar-refractivity contribution >= 4 is 18.1 Å². The molecule has 0 N–H and O–H groups in total. The SMILES string of the molecule is CCCCCCCCCCCCCC(=O)OCC(COC(=O)CC12C[C@@H](C)C[C@@H](C[C@@H](CC)C1)C2)COC(=O)OCCCN1CCCC1. The van der Waals surface area contributed by atoms with Gasteiger partial charge in [-0.2, -0.15) is 0 Å². The third-order valence-electron chi connectivity index (χ3n) is 11.1. The second-order valence-corrected chi connectivity index (χ2v) is 15.8. The van der Waals surface area contributed by atoms with Crippen LogP contribution in [0.2, 0.25) is 0 Å². The van der Waals surface area contributed by atoms with Crippen LogP contribution in [0, 0.1) is 29.1 Å². The van der Waals surface area contributed by atoms with E-state index in [0.29, 0.717) is 37.2 Å². The van der Waals surface area contributed by atoms with Gasteiger partial charge < -0.3 is 23.8 Å². The number of rotatable bonds is 25. The van der Waals surface area contributed by atoms with Crippen LogP contribution in [-0.2, 0) is 28.5 Å². The van der Waals surface area contributed by atoms with Gasteiger partial charge in [-0.1, -0.05) is 91.4 Å². The van der Waals surface area contributed by atoms with E-state index in [1.165, 1.54) is 83.5 Å². The maximum absolute atomic E-state index is 13.2. The average molecular weight is 678 g/mol. The average Bonchev–Trinajstić information content (AvgIpc) is 3.58. The summed E-state index contributed by atoms with van der Waals surface area (Å²) in [6.07, 6.45) is 23.8. The van der Waals surface area contributed by atoms with Crippen molar-refractivity contribution in [2.24, 2.45) is 29.1 Å². The summed E-state index contributed by atoms with van der Waals surface area (Å²) >= 11 is 0. The molecule has 1 saturated heterocycles. The van der Waals surface area contributed by atoms with Gasteiger partial charge in [-0.25, -0.2) is 4.79 Å². The van der Waals surface area contributed by atoms with E-state index in [2.05, 4.69) is 25.7 Å². The van der Waals surface area contributed by atoms with Crippen LogP contribution in [0.4, 0.5) is 4.79 Å². The highest BCUT2D eigenvalue weighted by molar-refractivity contribution is 5.70. The van der Waals surface area contributed by atoms with Crippen molar-refractivity contribution in [3.8, 4) is 0 Å². The maximum atomic E-state index is 13.2. The smallest absolute Gasteiger partial charge is 0.465 e. The molecule has 0 aromatic heterocycles. The largest absolute Gasteiger partial charge is 0.508 e. The fraction of sp³-hybridized carbons (Fsp3) is 0.925. The van der Waals surface area contributed by atoms with Crippen molar-refractivity contribution < 1.29 is 33.3 Å². The standard InChI is InChI=1S/C40H71NO7/c1-4-6-7-8-9-10-11-12-13-14-15-19-37(42)46-30-36(32-48-39(44)45-23-18-22-41-20-16-17-21-41)31-47-38(43)29-40-26-33(3)24-35(28-40)25-34(5-2)27-40/h33-36H,4-32H2,1-3H3/t33-,34+,35-,36?,40?/m0/s1. The predicted molar refractivity (Wildman–Crippen MR) is 191 cm³/mol. The highest BCUT2D eigenvalue weighted by Crippen LogP contribution is 2.55. The van der Waals surface area contributed by atoms with Crippen molar-refractivity contribution in [1.82, 2.24) is 4.90 Å². The zero-order chi connectivity index (χ0) is 34.5. The molecule has 3 aliphatic rings. The van der Waals surface area contributed by atoms with Gasteiger partial charge in [0.2, 0.25) is 0 Å². The topological polar surface area (TPSA) is 91.4 Å². The number of carbonyl (C=O) groups is 3. The fourth-order valence-electron chi connectivity index (χ4n) is 8.82. The molecule has 2 bridgehead atoms. The van der Waals surface area contributed by atoms with Crippen LogP contribution in [0.5, 0.6) is 0 Å². The van der Waals surface area contributed by atoms with Gasteiger partial charge in [0.25, 0.3) is 0 Å². The summed E-state index contributed by atoms with van der Waals surface area (Å²) in [6, 6.07) is 0. The van der Waals surface area contributed by atoms with E-state index < -0.39 is 12.1 Å². The van der Waals surface area contributed by atoms with Crippen molar-refractivity contribution in [1.29, 1.82) is 0 Å². The fourth-order valence-corrected chi connectivity index (χ4v) is 8.82. The Kier molecular flexibility index (Phi) is 19.9. The molecular formula is C40H71NO7. The molecule has 3 rings (SSSR count). The van der Waals surface area contributed by atoms with Gasteiger partial charge in [-0.3, -0.25) is 9.59 Å². The van der Waals surface area contributed by atoms with Crippen molar-refractivity contribution in [3.63, 3.8) is 0 Å². The molecule has 3 fully saturated rings. The first-order valence-corrected chi connectivity index (χ1v) is 20.1. The van der Waals surface area contributed by atoms with E-state index in [1.807, 2.05) is 0 Å². The van der Waals surface area contributed by atoms with E-state index in [1.54, 1.807) is 0 Å². The van der Waals surface area contributed by atoms with Crippen LogP contribution >= 0.6 is 0 Å². The highest BCUT2D eigenvalue weighted by atomic mass is 16.7. The van der Waals surface area contributed by atoms with Gasteiger partial charge in [-0.15, -0.1) is 0 Å². The minimum absolute atomic E-state index is 0.0217. The normalized spacial score (nSPS) is 24.6. The molecular weight excluding hydrogens is 606 g/mol. The Bertz CT molecular complexity index is 902. The van der Waals surface area contributed by atoms with Gasteiger partial charge in [-0.05, 0) is 94.0 Å². The minimum atomic E-state index is -0.728. The molecule has 5 atom stereocenters. The lowest BCUT2D eigenvalue weighted by molar-refractivity contribution is -0.153. The van der Waals surface area contributed by atoms with E-state index in [-0.39, 0.29) is 37.2 Å². The first kappa shape index (κ1) is 40.6. The zero-order valence-electron chi connectivity index (χ0n) is 31.1. The zero-order valence-corrected chi connectivity index (χ0v) is 31.1. The van der Waals surface area contributed by atoms with Crippen LogP contribution in [-0.4, -0.2) is 69.1 Å². The molecule has 48 heavy (non-hydrogen) atoms. The van der Waals surface area contributed by atoms with Gasteiger partial charge in [0.05, 0.1) is 18.9 Å². The molecule has 2 unspecified atom stereocenters. The summed E-state index contributed by atoms with van der Waals surface area (Å²) in [5.41, 5.74) is 0.0321. The molecule has 1 aliphatic heterocycles. The van der Waals surface area contributed by atoms with Crippen LogP contribution < -0.4 is 0 Å². The number of nitrogens with zero attached hydrogens (tertiary/aromatic N) is 1. The number of ether oxygens (including phenoxy) is 4. The maximum Gasteiger partial charge on any atom is 0.508 e. The molecule has 0 amide bonds. The number of hydrogen-bond acceptors (Lipinski definition) is 8. The Balaban J connectivity index is 1.38. The number of unbranched alkanes of at least 4 members (excludes halogenated alkanes) is 10. The second kappa shape index (κ2) is 23.6. The molecule has 2 aliphatic carbocycles. The van der Waals surface area contributed by atoms with E-state index in [9.17, 15) is 14.4 Å². The molecule has 278 valence electrons. The highest BCUT2D eigenvalue weighted by Gasteiger charge is 2.46. The lowest BCUT2D eigenvalue weighted by Gasteiger charge is -2.50. The molecule has 8 heteroatoms. The van der Waals surface area contributed by atoms with Crippen LogP contribution in [0.25, 0.3) is 0 Å². The van der Waals surface area contributed by atoms with Crippen LogP contribution in [0.1, 0.15) is 162 Å². The second-order valence-electron chi connectivity index (χ2n) is 15.8. The van der Waals surface area contributed by atoms with Gasteiger partial charge >= 0.3 is 18.1 Å². The Labute approximate surface area is 293 Å². The van der Waals surface area contributed by atoms with E-state index in [0.717, 1.165) is 64.6 Å². The first-order chi connectivity index (χ1) is 23.3. The van der Waals surface area contributed by atoms with Gasteiger partial charge in [0.1, 0.15) is 19.8 Å². The quantitative estimate of drug-likeness (QED) is 0.0536. The van der Waals surface area contributed by atoms with Crippen molar-refractivity contribution in [2.45, 2.75) is 162 Å². The van der Waals surface area contributed by atoms with Crippen molar-refractivity contribution in [3.05, 3.63) is 0 Å². The molecule has 0 radical (unpaired) electrons. The third-order valence-corrected chi connectivity index (χ3v) is 11.1. The summed E-state index contributed by atoms with van der Waals surface area (Å²) in [5.74, 6) is 1.16. The summed E-state index contributed by atoms with van der Waals surface area (Å²) in [5, 5.41) is 0. The molecule has 8 nitrogen and oxygen atoms in total. The summed E-state index contributed by atoms with van der Waals surface area (Å²) in [6.45, 7) is 10.4. The monoisotopic (exact) mass is 678 g/mol. The summed E-state index contributed by atoms with van der Waals surface area (Å²) in [4.78, 5) is 40.5. The van der Waals surface area contributed by atoms with E-state index in [4.69, 9.17) is 18.9 Å². The number of esters is 2. The molecule has 1 heterocycles. The number of fused-ring (bicyclic) bond motifs is 2. The lowest BCUT2D eigenvalue weighted by Crippen LogP contribution is -2.41. The molecule has 2 saturated carbocycles. The van der Waals surface area contributed by atoms with Crippen LogP contribution in [0.3, 0.4) is 0 Å². The predicted octanol–water partition coefficient (Wildman–Crippen LogP) is 9.66. The third kappa shape index (κ3) is 16.7.